The number of nitro benzene ring substituents is 1. The molecular weight excluding hydrogens is 360 g/mol. The largest absolute Gasteiger partial charge is 0.378 e. The minimum atomic E-state index is -0.442. The number of hydrogen-bond donors (Lipinski definition) is 2. The van der Waals surface area contributed by atoms with Crippen molar-refractivity contribution in [2.24, 2.45) is 0 Å². The van der Waals surface area contributed by atoms with Crippen LogP contribution in [0.2, 0.25) is 0 Å². The fraction of sp³-hybridized carbons (Fsp3) is 0.421. The van der Waals surface area contributed by atoms with Crippen LogP contribution in [0.5, 0.6) is 0 Å². The zero-order chi connectivity index (χ0) is 20.5. The first-order valence-corrected chi connectivity index (χ1v) is 9.08. The number of nitriles is 1. The number of nitrogens with one attached hydrogen (secondary N) is 2. The number of benzene rings is 1. The maximum absolute atomic E-state index is 12.1. The topological polar surface area (TPSA) is 126 Å². The van der Waals surface area contributed by atoms with Gasteiger partial charge >= 0.3 is 0 Å². The number of rotatable bonds is 10. The fourth-order valence-electron chi connectivity index (χ4n) is 2.98. The van der Waals surface area contributed by atoms with Gasteiger partial charge in [-0.15, -0.1) is 0 Å². The number of nitro groups is 1. The first-order valence-electron chi connectivity index (χ1n) is 9.08. The summed E-state index contributed by atoms with van der Waals surface area (Å²) in [5.74, 6) is -0.0899. The lowest BCUT2D eigenvalue weighted by molar-refractivity contribution is -0.384. The number of anilines is 1. The lowest BCUT2D eigenvalue weighted by Gasteiger charge is -2.09. The SMILES string of the molecule is Cc1nn(CCC#N)c(C)c1CCC(=O)NCCNc1ccccc1[N+](=O)[O-]. The Balaban J connectivity index is 1.78. The van der Waals surface area contributed by atoms with Crippen LogP contribution in [-0.2, 0) is 17.8 Å². The Morgan fingerprint density at radius 2 is 2.07 bits per heavy atom. The van der Waals surface area contributed by atoms with Gasteiger partial charge in [0.15, 0.2) is 0 Å². The number of carbonyl (C=O) groups excluding carboxylic acids is 1. The van der Waals surface area contributed by atoms with Crippen LogP contribution in [0.25, 0.3) is 0 Å². The van der Waals surface area contributed by atoms with Gasteiger partial charge in [-0.05, 0) is 31.9 Å². The van der Waals surface area contributed by atoms with Gasteiger partial charge in [0.25, 0.3) is 5.69 Å². The maximum atomic E-state index is 12.1. The quantitative estimate of drug-likeness (QED) is 0.368. The van der Waals surface area contributed by atoms with Gasteiger partial charge < -0.3 is 10.6 Å². The third-order valence-electron chi connectivity index (χ3n) is 4.43. The molecule has 0 bridgehead atoms. The van der Waals surface area contributed by atoms with E-state index >= 15 is 0 Å². The van der Waals surface area contributed by atoms with Gasteiger partial charge in [0.1, 0.15) is 5.69 Å². The summed E-state index contributed by atoms with van der Waals surface area (Å²) in [5.41, 5.74) is 3.33. The summed E-state index contributed by atoms with van der Waals surface area (Å²) in [6.07, 6.45) is 1.30. The first-order chi connectivity index (χ1) is 13.4. The predicted molar refractivity (Wildman–Crippen MR) is 105 cm³/mol. The number of carbonyl (C=O) groups is 1. The van der Waals surface area contributed by atoms with Gasteiger partial charge in [-0.2, -0.15) is 10.4 Å². The summed E-state index contributed by atoms with van der Waals surface area (Å²) in [7, 11) is 0. The second-order valence-electron chi connectivity index (χ2n) is 6.33. The van der Waals surface area contributed by atoms with Gasteiger partial charge in [-0.1, -0.05) is 12.1 Å². The number of hydrogen-bond acceptors (Lipinski definition) is 6. The molecule has 2 aromatic rings. The summed E-state index contributed by atoms with van der Waals surface area (Å²) < 4.78 is 1.81. The van der Waals surface area contributed by atoms with Gasteiger partial charge in [-0.3, -0.25) is 19.6 Å². The Kier molecular flexibility index (Phi) is 7.51. The summed E-state index contributed by atoms with van der Waals surface area (Å²) in [5, 5.41) is 29.9. The van der Waals surface area contributed by atoms with E-state index in [0.29, 0.717) is 44.6 Å². The van der Waals surface area contributed by atoms with Crippen LogP contribution < -0.4 is 10.6 Å². The highest BCUT2D eigenvalue weighted by molar-refractivity contribution is 5.76. The van der Waals surface area contributed by atoms with Gasteiger partial charge in [0.05, 0.1) is 29.7 Å². The standard InChI is InChI=1S/C19H24N6O3/c1-14-16(15(2)24(23-14)13-5-10-20)8-9-19(26)22-12-11-21-17-6-3-4-7-18(17)25(27)28/h3-4,6-7,21H,5,8-9,11-13H2,1-2H3,(H,22,26). The van der Waals surface area contributed by atoms with Crippen molar-refractivity contribution in [3.05, 3.63) is 51.3 Å². The van der Waals surface area contributed by atoms with Crippen molar-refractivity contribution in [2.75, 3.05) is 18.4 Å². The van der Waals surface area contributed by atoms with E-state index in [2.05, 4.69) is 21.8 Å². The second-order valence-corrected chi connectivity index (χ2v) is 6.33. The molecule has 0 atom stereocenters. The molecule has 0 unspecified atom stereocenters. The molecule has 0 saturated carbocycles. The Morgan fingerprint density at radius 1 is 1.32 bits per heavy atom. The van der Waals surface area contributed by atoms with E-state index in [9.17, 15) is 14.9 Å². The molecule has 1 aromatic carbocycles. The molecule has 0 spiro atoms. The molecule has 9 nitrogen and oxygen atoms in total. The van der Waals surface area contributed by atoms with Crippen molar-refractivity contribution in [3.63, 3.8) is 0 Å². The third-order valence-corrected chi connectivity index (χ3v) is 4.43. The minimum absolute atomic E-state index is 0.00758. The number of amides is 1. The molecule has 9 heteroatoms. The Morgan fingerprint density at radius 3 is 2.79 bits per heavy atom. The van der Waals surface area contributed by atoms with E-state index in [4.69, 9.17) is 5.26 Å². The van der Waals surface area contributed by atoms with Crippen LogP contribution in [0, 0.1) is 35.3 Å². The van der Waals surface area contributed by atoms with Crippen molar-refractivity contribution in [2.45, 2.75) is 39.7 Å². The van der Waals surface area contributed by atoms with Gasteiger partial charge in [-0.25, -0.2) is 0 Å². The molecule has 0 radical (unpaired) electrons. The monoisotopic (exact) mass is 384 g/mol. The Hall–Kier alpha value is -3.41. The highest BCUT2D eigenvalue weighted by Crippen LogP contribution is 2.22. The van der Waals surface area contributed by atoms with E-state index in [1.54, 1.807) is 18.2 Å². The van der Waals surface area contributed by atoms with Crippen LogP contribution in [0.15, 0.2) is 24.3 Å². The fourth-order valence-corrected chi connectivity index (χ4v) is 2.98. The van der Waals surface area contributed by atoms with E-state index in [0.717, 1.165) is 17.0 Å². The van der Waals surface area contributed by atoms with E-state index < -0.39 is 4.92 Å². The van der Waals surface area contributed by atoms with E-state index in [-0.39, 0.29) is 11.6 Å². The van der Waals surface area contributed by atoms with E-state index in [1.807, 2.05) is 18.5 Å². The number of aryl methyl sites for hydroxylation is 2. The maximum Gasteiger partial charge on any atom is 0.292 e. The van der Waals surface area contributed by atoms with Crippen molar-refractivity contribution in [3.8, 4) is 6.07 Å². The number of nitrogens with zero attached hydrogens (tertiary/aromatic N) is 4. The number of aromatic nitrogens is 2. The molecule has 0 saturated heterocycles. The van der Waals surface area contributed by atoms with E-state index in [1.165, 1.54) is 6.07 Å². The lowest BCUT2D eigenvalue weighted by Crippen LogP contribution is -2.29. The second kappa shape index (κ2) is 10.1. The van der Waals surface area contributed by atoms with Gasteiger partial charge in [0.2, 0.25) is 5.91 Å². The molecule has 1 heterocycles. The lowest BCUT2D eigenvalue weighted by atomic mass is 10.1. The van der Waals surface area contributed by atoms with Crippen molar-refractivity contribution < 1.29 is 9.72 Å². The minimum Gasteiger partial charge on any atom is -0.378 e. The molecule has 0 aliphatic rings. The molecule has 1 aromatic heterocycles. The number of para-hydroxylation sites is 2. The van der Waals surface area contributed by atoms with Crippen LogP contribution in [0.1, 0.15) is 29.8 Å². The van der Waals surface area contributed by atoms with Crippen LogP contribution in [-0.4, -0.2) is 33.7 Å². The smallest absolute Gasteiger partial charge is 0.292 e. The first kappa shape index (κ1) is 20.9. The average molecular weight is 384 g/mol. The molecule has 148 valence electrons. The molecule has 0 aliphatic heterocycles. The molecule has 2 rings (SSSR count). The van der Waals surface area contributed by atoms with Crippen molar-refractivity contribution >= 4 is 17.3 Å². The zero-order valence-corrected chi connectivity index (χ0v) is 16.1. The van der Waals surface area contributed by atoms with Crippen LogP contribution in [0.3, 0.4) is 0 Å². The average Bonchev–Trinajstić information content (AvgIpc) is 2.95. The van der Waals surface area contributed by atoms with Crippen LogP contribution in [0.4, 0.5) is 11.4 Å². The summed E-state index contributed by atoms with van der Waals surface area (Å²) in [6.45, 7) is 5.15. The molecule has 0 fully saturated rings. The molecular formula is C19H24N6O3. The van der Waals surface area contributed by atoms with Gasteiger partial charge in [0, 0.05) is 31.3 Å². The Bertz CT molecular complexity index is 884. The van der Waals surface area contributed by atoms with Crippen molar-refractivity contribution in [1.82, 2.24) is 15.1 Å². The third kappa shape index (κ3) is 5.54. The summed E-state index contributed by atoms with van der Waals surface area (Å²) in [4.78, 5) is 22.6. The normalized spacial score (nSPS) is 10.3. The molecule has 28 heavy (non-hydrogen) atoms. The molecule has 2 N–H and O–H groups in total. The van der Waals surface area contributed by atoms with Crippen molar-refractivity contribution in [1.29, 1.82) is 5.26 Å². The highest BCUT2D eigenvalue weighted by Gasteiger charge is 2.14. The molecule has 1 amide bonds. The van der Waals surface area contributed by atoms with Crippen LogP contribution >= 0.6 is 0 Å². The summed E-state index contributed by atoms with van der Waals surface area (Å²) in [6, 6.07) is 8.50. The Labute approximate surface area is 163 Å². The highest BCUT2D eigenvalue weighted by atomic mass is 16.6. The zero-order valence-electron chi connectivity index (χ0n) is 16.1. The predicted octanol–water partition coefficient (Wildman–Crippen LogP) is 2.48. The molecule has 0 aliphatic carbocycles. The summed E-state index contributed by atoms with van der Waals surface area (Å²) >= 11 is 0.